The lowest BCUT2D eigenvalue weighted by molar-refractivity contribution is 0.154. The minimum Gasteiger partial charge on any atom is -0.388 e. The highest BCUT2D eigenvalue weighted by atomic mass is 16.3. The third kappa shape index (κ3) is 6.49. The molecule has 3 N–H and O–H groups in total. The highest BCUT2D eigenvalue weighted by Crippen LogP contribution is 2.17. The van der Waals surface area contributed by atoms with Gasteiger partial charge in [-0.1, -0.05) is 37.3 Å². The molecule has 0 saturated carbocycles. The van der Waals surface area contributed by atoms with Crippen molar-refractivity contribution in [2.75, 3.05) is 26.2 Å². The fraction of sp³-hybridized carbons (Fsp3) is 0.632. The maximum atomic E-state index is 12.0. The maximum Gasteiger partial charge on any atom is 0.315 e. The first kappa shape index (κ1) is 18.7. The Kier molecular flexibility index (Phi) is 7.53. The van der Waals surface area contributed by atoms with Crippen LogP contribution in [0, 0.1) is 5.92 Å². The number of piperidine rings is 1. The first-order valence-electron chi connectivity index (χ1n) is 9.04. The predicted molar refractivity (Wildman–Crippen MR) is 96.9 cm³/mol. The van der Waals surface area contributed by atoms with Gasteiger partial charge in [0.05, 0.1) is 6.10 Å². The minimum absolute atomic E-state index is 0.0878. The van der Waals surface area contributed by atoms with Gasteiger partial charge in [0.2, 0.25) is 0 Å². The van der Waals surface area contributed by atoms with Crippen LogP contribution in [0.5, 0.6) is 0 Å². The van der Waals surface area contributed by atoms with E-state index in [9.17, 15) is 9.90 Å². The van der Waals surface area contributed by atoms with E-state index in [1.807, 2.05) is 37.3 Å². The smallest absolute Gasteiger partial charge is 0.315 e. The summed E-state index contributed by atoms with van der Waals surface area (Å²) in [4.78, 5) is 14.4. The Morgan fingerprint density at radius 3 is 2.83 bits per heavy atom. The topological polar surface area (TPSA) is 64.6 Å². The van der Waals surface area contributed by atoms with E-state index in [1.165, 1.54) is 12.8 Å². The molecule has 3 atom stereocenters. The van der Waals surface area contributed by atoms with E-state index in [2.05, 4.69) is 22.5 Å². The number of amides is 2. The molecule has 5 heteroatoms. The molecule has 1 heterocycles. The molecule has 0 aromatic heterocycles. The van der Waals surface area contributed by atoms with Crippen LogP contribution in [-0.2, 0) is 0 Å². The largest absolute Gasteiger partial charge is 0.388 e. The van der Waals surface area contributed by atoms with Gasteiger partial charge in [0, 0.05) is 25.7 Å². The summed E-state index contributed by atoms with van der Waals surface area (Å²) >= 11 is 0. The first-order chi connectivity index (χ1) is 11.5. The van der Waals surface area contributed by atoms with Crippen LogP contribution in [0.3, 0.4) is 0 Å². The van der Waals surface area contributed by atoms with E-state index >= 15 is 0 Å². The zero-order chi connectivity index (χ0) is 17.4. The summed E-state index contributed by atoms with van der Waals surface area (Å²) in [6.07, 6.45) is 2.51. The van der Waals surface area contributed by atoms with Gasteiger partial charge in [-0.05, 0) is 44.2 Å². The van der Waals surface area contributed by atoms with E-state index in [4.69, 9.17) is 0 Å². The second-order valence-electron chi connectivity index (χ2n) is 7.01. The van der Waals surface area contributed by atoms with Crippen molar-refractivity contribution in [3.8, 4) is 0 Å². The normalized spacial score (nSPS) is 21.0. The number of carbonyl (C=O) groups excluding carboxylic acids is 1. The number of nitrogens with one attached hydrogen (secondary N) is 2. The summed E-state index contributed by atoms with van der Waals surface area (Å²) in [5, 5.41) is 16.0. The number of aliphatic hydroxyl groups excluding tert-OH is 1. The molecule has 0 spiro atoms. The summed E-state index contributed by atoms with van der Waals surface area (Å²) in [5.74, 6) is 0.757. The Morgan fingerprint density at radius 2 is 2.12 bits per heavy atom. The summed E-state index contributed by atoms with van der Waals surface area (Å²) in [6, 6.07) is 9.29. The monoisotopic (exact) mass is 333 g/mol. The van der Waals surface area contributed by atoms with Crippen molar-refractivity contribution in [1.29, 1.82) is 0 Å². The molecular formula is C19H31N3O2. The zero-order valence-corrected chi connectivity index (χ0v) is 14.9. The van der Waals surface area contributed by atoms with Gasteiger partial charge in [0.25, 0.3) is 0 Å². The first-order valence-corrected chi connectivity index (χ1v) is 9.04. The number of benzene rings is 1. The molecule has 5 nitrogen and oxygen atoms in total. The average Bonchev–Trinajstić information content (AvgIpc) is 2.55. The van der Waals surface area contributed by atoms with Crippen LogP contribution in [0.4, 0.5) is 4.79 Å². The number of nitrogens with zero attached hydrogens (tertiary/aromatic N) is 1. The van der Waals surface area contributed by atoms with Gasteiger partial charge >= 0.3 is 6.03 Å². The fourth-order valence-electron chi connectivity index (χ4n) is 3.30. The molecule has 2 rings (SSSR count). The lowest BCUT2D eigenvalue weighted by Gasteiger charge is -2.30. The quantitative estimate of drug-likeness (QED) is 0.718. The Hall–Kier alpha value is -1.59. The lowest BCUT2D eigenvalue weighted by atomic mass is 10.0. The highest BCUT2D eigenvalue weighted by Gasteiger charge is 2.17. The molecule has 0 bridgehead atoms. The molecule has 3 unspecified atom stereocenters. The molecule has 1 fully saturated rings. The van der Waals surface area contributed by atoms with Crippen molar-refractivity contribution in [3.05, 3.63) is 35.9 Å². The second kappa shape index (κ2) is 9.64. The molecule has 1 saturated heterocycles. The standard InChI is InChI=1S/C19H31N3O2/c1-15-7-6-11-22(14-15)12-10-20-19(24)21-16(2)13-18(23)17-8-4-3-5-9-17/h3-5,8-9,15-16,18,23H,6-7,10-14H2,1-2H3,(H2,20,21,24). The van der Waals surface area contributed by atoms with E-state index in [0.717, 1.165) is 31.1 Å². The molecule has 134 valence electrons. The Morgan fingerprint density at radius 1 is 1.38 bits per heavy atom. The molecule has 1 aliphatic heterocycles. The van der Waals surface area contributed by atoms with Gasteiger partial charge in [-0.2, -0.15) is 0 Å². The van der Waals surface area contributed by atoms with E-state index < -0.39 is 6.10 Å². The van der Waals surface area contributed by atoms with E-state index in [-0.39, 0.29) is 12.1 Å². The van der Waals surface area contributed by atoms with Gasteiger partial charge in [0.15, 0.2) is 0 Å². The average molecular weight is 333 g/mol. The molecule has 1 aromatic carbocycles. The molecule has 0 radical (unpaired) electrons. The molecule has 1 aromatic rings. The second-order valence-corrected chi connectivity index (χ2v) is 7.01. The summed E-state index contributed by atoms with van der Waals surface area (Å²) in [7, 11) is 0. The van der Waals surface area contributed by atoms with Crippen LogP contribution in [0.2, 0.25) is 0 Å². The molecule has 2 amide bonds. The number of urea groups is 1. The number of hydrogen-bond acceptors (Lipinski definition) is 3. The van der Waals surface area contributed by atoms with Crippen LogP contribution >= 0.6 is 0 Å². The van der Waals surface area contributed by atoms with Gasteiger partial charge < -0.3 is 20.6 Å². The van der Waals surface area contributed by atoms with Crippen LogP contribution in [0.25, 0.3) is 0 Å². The number of likely N-dealkylation sites (tertiary alicyclic amines) is 1. The molecular weight excluding hydrogens is 302 g/mol. The zero-order valence-electron chi connectivity index (χ0n) is 14.9. The van der Waals surface area contributed by atoms with Crippen molar-refractivity contribution in [1.82, 2.24) is 15.5 Å². The molecule has 0 aliphatic carbocycles. The number of carbonyl (C=O) groups is 1. The van der Waals surface area contributed by atoms with E-state index in [0.29, 0.717) is 13.0 Å². The van der Waals surface area contributed by atoms with Crippen LogP contribution in [0.15, 0.2) is 30.3 Å². The van der Waals surface area contributed by atoms with Crippen molar-refractivity contribution >= 4 is 6.03 Å². The van der Waals surface area contributed by atoms with Crippen molar-refractivity contribution in [2.45, 2.75) is 45.3 Å². The van der Waals surface area contributed by atoms with Crippen molar-refractivity contribution in [3.63, 3.8) is 0 Å². The minimum atomic E-state index is -0.559. The van der Waals surface area contributed by atoms with Crippen molar-refractivity contribution < 1.29 is 9.90 Å². The van der Waals surface area contributed by atoms with E-state index in [1.54, 1.807) is 0 Å². The predicted octanol–water partition coefficient (Wildman–Crippen LogP) is 2.53. The molecule has 24 heavy (non-hydrogen) atoms. The van der Waals surface area contributed by atoms with Crippen LogP contribution in [-0.4, -0.2) is 48.3 Å². The maximum absolute atomic E-state index is 12.0. The number of rotatable bonds is 7. The Bertz CT molecular complexity index is 495. The Balaban J connectivity index is 1.62. The van der Waals surface area contributed by atoms with Gasteiger partial charge in [-0.25, -0.2) is 4.79 Å². The number of aliphatic hydroxyl groups is 1. The number of hydrogen-bond donors (Lipinski definition) is 3. The summed E-state index contributed by atoms with van der Waals surface area (Å²) < 4.78 is 0. The fourth-order valence-corrected chi connectivity index (χ4v) is 3.30. The summed E-state index contributed by atoms with van der Waals surface area (Å²) in [5.41, 5.74) is 0.880. The van der Waals surface area contributed by atoms with Crippen LogP contribution in [0.1, 0.15) is 44.8 Å². The Labute approximate surface area is 145 Å². The molecule has 1 aliphatic rings. The summed E-state index contributed by atoms with van der Waals surface area (Å²) in [6.45, 7) is 8.02. The lowest BCUT2D eigenvalue weighted by Crippen LogP contribution is -2.45. The van der Waals surface area contributed by atoms with Gasteiger partial charge in [-0.15, -0.1) is 0 Å². The van der Waals surface area contributed by atoms with Gasteiger partial charge in [-0.3, -0.25) is 0 Å². The van der Waals surface area contributed by atoms with Crippen LogP contribution < -0.4 is 10.6 Å². The van der Waals surface area contributed by atoms with Gasteiger partial charge in [0.1, 0.15) is 0 Å². The SMILES string of the molecule is CC1CCCN(CCNC(=O)NC(C)CC(O)c2ccccc2)C1. The van der Waals surface area contributed by atoms with Crippen molar-refractivity contribution in [2.24, 2.45) is 5.92 Å². The third-order valence-electron chi connectivity index (χ3n) is 4.59. The highest BCUT2D eigenvalue weighted by molar-refractivity contribution is 5.74. The third-order valence-corrected chi connectivity index (χ3v) is 4.59.